The highest BCUT2D eigenvalue weighted by atomic mass is 35.5. The van der Waals surface area contributed by atoms with E-state index >= 15 is 0 Å². The minimum absolute atomic E-state index is 0.0316. The van der Waals surface area contributed by atoms with Crippen molar-refractivity contribution < 1.29 is 21.6 Å². The van der Waals surface area contributed by atoms with Crippen LogP contribution in [-0.4, -0.2) is 29.3 Å². The van der Waals surface area contributed by atoms with Crippen LogP contribution in [0, 0.1) is 6.92 Å². The van der Waals surface area contributed by atoms with E-state index < -0.39 is 32.5 Å². The Labute approximate surface area is 247 Å². The second kappa shape index (κ2) is 12.1. The number of sulfonamides is 2. The zero-order valence-corrected chi connectivity index (χ0v) is 24.7. The molecule has 13 heteroatoms. The molecule has 2 N–H and O–H groups in total. The van der Waals surface area contributed by atoms with Crippen LogP contribution in [0.4, 0.5) is 17.1 Å². The molecule has 0 aliphatic heterocycles. The highest BCUT2D eigenvalue weighted by Crippen LogP contribution is 2.30. The molecule has 40 heavy (non-hydrogen) atoms. The summed E-state index contributed by atoms with van der Waals surface area (Å²) in [6.07, 6.45) is 0. The number of rotatable bonds is 9. The summed E-state index contributed by atoms with van der Waals surface area (Å²) < 4.78 is 56.1. The molecule has 0 radical (unpaired) electrons. The number of nitrogens with one attached hydrogen (secondary N) is 2. The average Bonchev–Trinajstić information content (AvgIpc) is 2.90. The van der Waals surface area contributed by atoms with Gasteiger partial charge in [-0.25, -0.2) is 16.8 Å². The molecule has 4 aromatic rings. The van der Waals surface area contributed by atoms with Gasteiger partial charge in [-0.1, -0.05) is 59.1 Å². The third-order valence-corrected chi connectivity index (χ3v) is 9.73. The SMILES string of the molecule is Cc1c(Cl)cccc1NS(=O)(=O)c1ccc(NC(=O)CN(c2cc(Cl)cc(Cl)c2)S(=O)(=O)c2ccccc2)cc1. The fraction of sp³-hybridized carbons (Fsp3) is 0.0741. The number of nitrogens with zero attached hydrogens (tertiary/aromatic N) is 1. The van der Waals surface area contributed by atoms with Gasteiger partial charge >= 0.3 is 0 Å². The van der Waals surface area contributed by atoms with E-state index in [1.54, 1.807) is 43.3 Å². The third-order valence-electron chi connectivity index (χ3n) is 5.71. The lowest BCUT2D eigenvalue weighted by Crippen LogP contribution is -2.38. The molecular formula is C27H22Cl3N3O5S2. The Hall–Kier alpha value is -3.28. The predicted octanol–water partition coefficient (Wildman–Crippen LogP) is 6.59. The maximum atomic E-state index is 13.5. The minimum atomic E-state index is -4.18. The van der Waals surface area contributed by atoms with Crippen molar-refractivity contribution in [1.29, 1.82) is 0 Å². The first-order valence-corrected chi connectivity index (χ1v) is 15.6. The number of benzene rings is 4. The maximum Gasteiger partial charge on any atom is 0.264 e. The van der Waals surface area contributed by atoms with Gasteiger partial charge in [0.2, 0.25) is 5.91 Å². The van der Waals surface area contributed by atoms with Crippen molar-refractivity contribution in [1.82, 2.24) is 0 Å². The molecule has 0 saturated heterocycles. The van der Waals surface area contributed by atoms with Crippen molar-refractivity contribution in [3.63, 3.8) is 0 Å². The molecule has 0 heterocycles. The van der Waals surface area contributed by atoms with Crippen LogP contribution in [0.2, 0.25) is 15.1 Å². The summed E-state index contributed by atoms with van der Waals surface area (Å²) in [6.45, 7) is 1.08. The Morgan fingerprint density at radius 2 is 1.40 bits per heavy atom. The van der Waals surface area contributed by atoms with E-state index in [-0.39, 0.29) is 31.2 Å². The fourth-order valence-electron chi connectivity index (χ4n) is 3.69. The molecule has 0 bridgehead atoms. The van der Waals surface area contributed by atoms with Crippen molar-refractivity contribution >= 4 is 77.8 Å². The van der Waals surface area contributed by atoms with E-state index in [9.17, 15) is 21.6 Å². The lowest BCUT2D eigenvalue weighted by molar-refractivity contribution is -0.114. The van der Waals surface area contributed by atoms with Gasteiger partial charge in [0.05, 0.1) is 21.2 Å². The summed E-state index contributed by atoms with van der Waals surface area (Å²) in [5.74, 6) is -0.682. The minimum Gasteiger partial charge on any atom is -0.325 e. The van der Waals surface area contributed by atoms with Crippen molar-refractivity contribution in [2.45, 2.75) is 16.7 Å². The Kier molecular flexibility index (Phi) is 8.96. The lowest BCUT2D eigenvalue weighted by atomic mass is 10.2. The predicted molar refractivity (Wildman–Crippen MR) is 160 cm³/mol. The second-order valence-corrected chi connectivity index (χ2v) is 13.4. The van der Waals surface area contributed by atoms with Gasteiger partial charge in [-0.05, 0) is 79.2 Å². The summed E-state index contributed by atoms with van der Waals surface area (Å²) in [6, 6.07) is 22.1. The fourth-order valence-corrected chi connectivity index (χ4v) is 6.93. The molecular weight excluding hydrogens is 617 g/mol. The van der Waals surface area contributed by atoms with E-state index in [1.807, 2.05) is 0 Å². The smallest absolute Gasteiger partial charge is 0.264 e. The van der Waals surface area contributed by atoms with E-state index in [4.69, 9.17) is 34.8 Å². The van der Waals surface area contributed by atoms with Crippen molar-refractivity contribution in [3.05, 3.63) is 112 Å². The van der Waals surface area contributed by atoms with Crippen LogP contribution in [0.1, 0.15) is 5.56 Å². The van der Waals surface area contributed by atoms with E-state index in [2.05, 4.69) is 10.0 Å². The lowest BCUT2D eigenvalue weighted by Gasteiger charge is -2.24. The van der Waals surface area contributed by atoms with Crippen LogP contribution in [0.3, 0.4) is 0 Å². The Morgan fingerprint density at radius 3 is 2.02 bits per heavy atom. The molecule has 8 nitrogen and oxygen atoms in total. The average molecular weight is 639 g/mol. The van der Waals surface area contributed by atoms with Gasteiger partial charge in [0.25, 0.3) is 20.0 Å². The molecule has 0 unspecified atom stereocenters. The topological polar surface area (TPSA) is 113 Å². The molecule has 0 aliphatic rings. The molecule has 0 fully saturated rings. The number of carbonyl (C=O) groups excluding carboxylic acids is 1. The van der Waals surface area contributed by atoms with Gasteiger partial charge in [-0.2, -0.15) is 0 Å². The quantitative estimate of drug-likeness (QED) is 0.215. The number of carbonyl (C=O) groups is 1. The van der Waals surface area contributed by atoms with Gasteiger partial charge in [0, 0.05) is 20.8 Å². The standard InChI is InChI=1S/C27H22Cl3N3O5S2/c1-18-25(30)8-5-9-26(18)32-39(35,36)23-12-10-21(11-13-23)31-27(34)17-33(22-15-19(28)14-20(29)16-22)40(37,38)24-6-3-2-4-7-24/h2-16,32H,17H2,1H3,(H,31,34). The maximum absolute atomic E-state index is 13.5. The molecule has 4 aromatic carbocycles. The summed E-state index contributed by atoms with van der Waals surface area (Å²) >= 11 is 18.3. The Bertz CT molecular complexity index is 1750. The van der Waals surface area contributed by atoms with E-state index in [1.165, 1.54) is 54.6 Å². The zero-order valence-electron chi connectivity index (χ0n) is 20.8. The first-order valence-electron chi connectivity index (χ1n) is 11.6. The molecule has 0 saturated carbocycles. The molecule has 1 amide bonds. The van der Waals surface area contributed by atoms with Crippen molar-refractivity contribution in [2.24, 2.45) is 0 Å². The van der Waals surface area contributed by atoms with Crippen molar-refractivity contribution in [3.8, 4) is 0 Å². The summed E-state index contributed by atoms with van der Waals surface area (Å²) in [5.41, 5.74) is 1.27. The molecule has 4 rings (SSSR count). The highest BCUT2D eigenvalue weighted by molar-refractivity contribution is 7.93. The van der Waals surface area contributed by atoms with Crippen LogP contribution in [0.25, 0.3) is 0 Å². The summed E-state index contributed by atoms with van der Waals surface area (Å²) in [5, 5.41) is 3.39. The van der Waals surface area contributed by atoms with Gasteiger partial charge in [-0.3, -0.25) is 13.8 Å². The highest BCUT2D eigenvalue weighted by Gasteiger charge is 2.28. The number of hydrogen-bond acceptors (Lipinski definition) is 5. The Balaban J connectivity index is 1.55. The molecule has 0 spiro atoms. The van der Waals surface area contributed by atoms with Gasteiger partial charge < -0.3 is 5.32 Å². The molecule has 0 aromatic heterocycles. The first-order chi connectivity index (χ1) is 18.9. The van der Waals surface area contributed by atoms with Crippen LogP contribution in [-0.2, 0) is 24.8 Å². The van der Waals surface area contributed by atoms with Crippen molar-refractivity contribution in [2.75, 3.05) is 20.9 Å². The number of halogens is 3. The van der Waals surface area contributed by atoms with Gasteiger partial charge in [0.15, 0.2) is 0 Å². The number of amides is 1. The van der Waals surface area contributed by atoms with Crippen LogP contribution < -0.4 is 14.3 Å². The summed E-state index contributed by atoms with van der Waals surface area (Å²) in [7, 11) is -8.12. The van der Waals surface area contributed by atoms with Crippen LogP contribution >= 0.6 is 34.8 Å². The van der Waals surface area contributed by atoms with E-state index in [0.717, 1.165) is 4.31 Å². The van der Waals surface area contributed by atoms with E-state index in [0.29, 0.717) is 16.3 Å². The Morgan fingerprint density at radius 1 is 0.775 bits per heavy atom. The zero-order chi connectivity index (χ0) is 29.1. The second-order valence-electron chi connectivity index (χ2n) is 8.54. The molecule has 0 atom stereocenters. The molecule has 0 aliphatic carbocycles. The first kappa shape index (κ1) is 29.7. The largest absolute Gasteiger partial charge is 0.325 e. The number of hydrogen-bond donors (Lipinski definition) is 2. The molecule has 208 valence electrons. The number of anilines is 3. The summed E-state index contributed by atoms with van der Waals surface area (Å²) in [4.78, 5) is 12.9. The van der Waals surface area contributed by atoms with Gasteiger partial charge in [-0.15, -0.1) is 0 Å². The normalized spacial score (nSPS) is 11.6. The third kappa shape index (κ3) is 6.89. The van der Waals surface area contributed by atoms with Crippen LogP contribution in [0.5, 0.6) is 0 Å². The van der Waals surface area contributed by atoms with Crippen LogP contribution in [0.15, 0.2) is 101 Å². The van der Waals surface area contributed by atoms with Gasteiger partial charge in [0.1, 0.15) is 6.54 Å². The monoisotopic (exact) mass is 637 g/mol.